The van der Waals surface area contributed by atoms with E-state index in [9.17, 15) is 14.4 Å². The Labute approximate surface area is 82.5 Å². The molecule has 0 saturated carbocycles. The molecular weight excluding hydrogens is 181 g/mol. The second-order valence-corrected chi connectivity index (χ2v) is 2.75. The molecule has 1 aliphatic heterocycles. The molecule has 1 heterocycles. The van der Waals surface area contributed by atoms with E-state index in [0.29, 0.717) is 0 Å². The summed E-state index contributed by atoms with van der Waals surface area (Å²) in [6.45, 7) is 1.79. The van der Waals surface area contributed by atoms with Gasteiger partial charge in [-0.15, -0.1) is 0 Å². The van der Waals surface area contributed by atoms with Gasteiger partial charge in [0.2, 0.25) is 11.8 Å². The average molecular weight is 190 g/mol. The Hall–Kier alpha value is -1.65. The molecule has 0 fully saturated rings. The van der Waals surface area contributed by atoms with Crippen LogP contribution in [-0.2, 0) is 14.4 Å². The van der Waals surface area contributed by atoms with Crippen molar-refractivity contribution in [3.8, 4) is 0 Å². The molecule has 0 aromatic carbocycles. The number of carbonyl (C=O) groups is 3. The van der Waals surface area contributed by atoms with Crippen molar-refractivity contribution >= 4 is 24.9 Å². The van der Waals surface area contributed by atoms with Gasteiger partial charge in [-0.3, -0.25) is 9.59 Å². The molecule has 0 aromatic heterocycles. The van der Waals surface area contributed by atoms with E-state index in [4.69, 9.17) is 0 Å². The normalized spacial score (nSPS) is 15.6. The third kappa shape index (κ3) is 2.42. The smallest absolute Gasteiger partial charge is 0.317 e. The summed E-state index contributed by atoms with van der Waals surface area (Å²) in [4.78, 5) is 34.0. The number of allylic oxidation sites excluding steroid dienone is 2. The summed E-state index contributed by atoms with van der Waals surface area (Å²) >= 11 is 0. The molecule has 0 saturated heterocycles. The van der Waals surface area contributed by atoms with E-state index in [1.165, 1.54) is 0 Å². The van der Waals surface area contributed by atoms with Crippen molar-refractivity contribution in [3.63, 3.8) is 0 Å². The Bertz CT molecular complexity index is 315. The maximum Gasteiger partial charge on any atom is 0.346 e. The highest BCUT2D eigenvalue weighted by atomic mass is 16.2. The minimum absolute atomic E-state index is 0.202. The van der Waals surface area contributed by atoms with Gasteiger partial charge in [0.25, 0.3) is 0 Å². The predicted molar refractivity (Wildman–Crippen MR) is 51.2 cm³/mol. The fourth-order valence-electron chi connectivity index (χ4n) is 0.970. The fourth-order valence-corrected chi connectivity index (χ4v) is 0.970. The number of nitrogens with zero attached hydrogens (tertiary/aromatic N) is 1. The predicted octanol–water partition coefficient (Wildman–Crippen LogP) is 0.0234. The third-order valence-electron chi connectivity index (χ3n) is 1.67. The van der Waals surface area contributed by atoms with E-state index in [1.807, 2.05) is 0 Å². The Balaban J connectivity index is 2.49. The quantitative estimate of drug-likeness (QED) is 0.356. The monoisotopic (exact) mass is 190 g/mol. The molecule has 71 valence electrons. The van der Waals surface area contributed by atoms with Gasteiger partial charge in [-0.25, -0.2) is 0 Å². The van der Waals surface area contributed by atoms with Crippen LogP contribution in [0.25, 0.3) is 0 Å². The number of hydrogen-bond acceptors (Lipinski definition) is 3. The number of imide groups is 1. The molecule has 14 heavy (non-hydrogen) atoms. The topological polar surface area (TPSA) is 54.5 Å². The van der Waals surface area contributed by atoms with Gasteiger partial charge in [0.1, 0.15) is 5.68 Å². The zero-order valence-electron chi connectivity index (χ0n) is 7.77. The van der Waals surface area contributed by atoms with Crippen molar-refractivity contribution < 1.29 is 14.4 Å². The third-order valence-corrected chi connectivity index (χ3v) is 1.67. The minimum Gasteiger partial charge on any atom is -0.317 e. The number of carbonyl (C=O) groups excluding carboxylic acids is 3. The van der Waals surface area contributed by atoms with Crippen LogP contribution in [0.1, 0.15) is 13.3 Å². The van der Waals surface area contributed by atoms with Gasteiger partial charge in [-0.1, -0.05) is 12.2 Å². The highest BCUT2D eigenvalue weighted by Crippen LogP contribution is 2.02. The largest absolute Gasteiger partial charge is 0.346 e. The SMILES string of the molecule is C/C=C\CC(=O)[B]N1C(=O)C=CC1=O. The number of amides is 2. The van der Waals surface area contributed by atoms with Gasteiger partial charge in [0, 0.05) is 18.6 Å². The van der Waals surface area contributed by atoms with Gasteiger partial charge < -0.3 is 9.61 Å². The minimum atomic E-state index is -0.469. The summed E-state index contributed by atoms with van der Waals surface area (Å²) in [6.07, 6.45) is 5.88. The molecule has 0 atom stereocenters. The van der Waals surface area contributed by atoms with Crippen LogP contribution in [0, 0.1) is 0 Å². The van der Waals surface area contributed by atoms with Crippen molar-refractivity contribution in [2.24, 2.45) is 0 Å². The lowest BCUT2D eigenvalue weighted by Crippen LogP contribution is -2.38. The van der Waals surface area contributed by atoms with Crippen LogP contribution >= 0.6 is 0 Å². The molecule has 1 aliphatic rings. The molecule has 0 spiro atoms. The summed E-state index contributed by atoms with van der Waals surface area (Å²) < 4.78 is 0. The summed E-state index contributed by atoms with van der Waals surface area (Å²) in [5.41, 5.74) is -0.270. The van der Waals surface area contributed by atoms with Crippen molar-refractivity contribution in [2.45, 2.75) is 13.3 Å². The lowest BCUT2D eigenvalue weighted by molar-refractivity contribution is -0.132. The first-order valence-corrected chi connectivity index (χ1v) is 4.19. The first-order valence-electron chi connectivity index (χ1n) is 4.19. The molecule has 2 amide bonds. The maximum atomic E-state index is 11.2. The van der Waals surface area contributed by atoms with Crippen LogP contribution in [0.3, 0.4) is 0 Å². The first-order chi connectivity index (χ1) is 6.65. The second-order valence-electron chi connectivity index (χ2n) is 2.75. The molecule has 0 N–H and O–H groups in total. The van der Waals surface area contributed by atoms with Crippen molar-refractivity contribution in [3.05, 3.63) is 24.3 Å². The molecule has 0 aliphatic carbocycles. The van der Waals surface area contributed by atoms with Crippen molar-refractivity contribution in [1.29, 1.82) is 0 Å². The van der Waals surface area contributed by atoms with E-state index in [2.05, 4.69) is 0 Å². The van der Waals surface area contributed by atoms with Gasteiger partial charge in [-0.2, -0.15) is 0 Å². The van der Waals surface area contributed by atoms with E-state index in [1.54, 1.807) is 19.1 Å². The van der Waals surface area contributed by atoms with E-state index in [0.717, 1.165) is 24.4 Å². The standard InChI is InChI=1S/C9H9BNO3/c1-2-3-4-7(12)10-11-8(13)5-6-9(11)14/h2-3,5-6H,4H2,1H3/b3-2-. The summed E-state index contributed by atoms with van der Waals surface area (Å²) in [6, 6.07) is 0. The average Bonchev–Trinajstić information content (AvgIpc) is 2.46. The van der Waals surface area contributed by atoms with Gasteiger partial charge >= 0.3 is 7.41 Å². The lowest BCUT2D eigenvalue weighted by Gasteiger charge is -2.09. The van der Waals surface area contributed by atoms with Crippen molar-refractivity contribution in [2.75, 3.05) is 0 Å². The molecule has 5 heteroatoms. The van der Waals surface area contributed by atoms with Crippen molar-refractivity contribution in [1.82, 2.24) is 4.81 Å². The van der Waals surface area contributed by atoms with E-state index in [-0.39, 0.29) is 12.1 Å². The van der Waals surface area contributed by atoms with Crippen LogP contribution < -0.4 is 0 Å². The van der Waals surface area contributed by atoms with Crippen LogP contribution in [0.2, 0.25) is 0 Å². The maximum absolute atomic E-state index is 11.2. The molecule has 1 radical (unpaired) electrons. The molecular formula is C9H9BNO3. The molecule has 0 unspecified atom stereocenters. The highest BCUT2D eigenvalue weighted by Gasteiger charge is 2.26. The number of hydrogen-bond donors (Lipinski definition) is 0. The van der Waals surface area contributed by atoms with E-state index < -0.39 is 11.8 Å². The number of rotatable bonds is 4. The fraction of sp³-hybridized carbons (Fsp3) is 0.222. The molecule has 0 bridgehead atoms. The summed E-state index contributed by atoms with van der Waals surface area (Å²) in [5, 5.41) is 0. The molecule has 0 aromatic rings. The molecule has 4 nitrogen and oxygen atoms in total. The Morgan fingerprint density at radius 2 is 2.00 bits per heavy atom. The second kappa shape index (κ2) is 4.55. The highest BCUT2D eigenvalue weighted by molar-refractivity contribution is 6.76. The van der Waals surface area contributed by atoms with Gasteiger partial charge in [0.15, 0.2) is 0 Å². The van der Waals surface area contributed by atoms with Crippen LogP contribution in [0.5, 0.6) is 0 Å². The van der Waals surface area contributed by atoms with E-state index >= 15 is 0 Å². The lowest BCUT2D eigenvalue weighted by atomic mass is 9.82. The Morgan fingerprint density at radius 1 is 1.43 bits per heavy atom. The van der Waals surface area contributed by atoms with Crippen LogP contribution in [-0.4, -0.2) is 29.7 Å². The Kier molecular flexibility index (Phi) is 3.39. The van der Waals surface area contributed by atoms with Crippen LogP contribution in [0.15, 0.2) is 24.3 Å². The summed E-state index contributed by atoms with van der Waals surface area (Å²) in [7, 11) is 1.03. The van der Waals surface area contributed by atoms with Crippen LogP contribution in [0.4, 0.5) is 0 Å². The molecule has 1 rings (SSSR count). The van der Waals surface area contributed by atoms with Gasteiger partial charge in [-0.05, 0) is 6.92 Å². The Morgan fingerprint density at radius 3 is 2.50 bits per heavy atom. The zero-order valence-corrected chi connectivity index (χ0v) is 7.77. The van der Waals surface area contributed by atoms with Gasteiger partial charge in [0.05, 0.1) is 0 Å². The summed E-state index contributed by atoms with van der Waals surface area (Å²) in [5.74, 6) is -0.937. The first kappa shape index (κ1) is 10.4. The zero-order chi connectivity index (χ0) is 10.6.